The van der Waals surface area contributed by atoms with Crippen molar-refractivity contribution in [2.24, 2.45) is 0 Å². The van der Waals surface area contributed by atoms with Gasteiger partial charge >= 0.3 is 0 Å². The van der Waals surface area contributed by atoms with Crippen LogP contribution >= 0.6 is 11.3 Å². The number of aromatic nitrogens is 1. The molecule has 0 aliphatic carbocycles. The highest BCUT2D eigenvalue weighted by atomic mass is 32.1. The predicted molar refractivity (Wildman–Crippen MR) is 96.8 cm³/mol. The second-order valence-corrected chi connectivity index (χ2v) is 7.93. The summed E-state index contributed by atoms with van der Waals surface area (Å²) in [4.78, 5) is 31.7. The highest BCUT2D eigenvalue weighted by Crippen LogP contribution is 2.41. The highest BCUT2D eigenvalue weighted by Gasteiger charge is 2.42. The molecular formula is C18H21N3O2S. The number of thiazole rings is 1. The van der Waals surface area contributed by atoms with E-state index in [0.29, 0.717) is 5.13 Å². The molecule has 0 radical (unpaired) electrons. The van der Waals surface area contributed by atoms with Gasteiger partial charge in [-0.05, 0) is 44.9 Å². The fourth-order valence-corrected chi connectivity index (χ4v) is 3.84. The summed E-state index contributed by atoms with van der Waals surface area (Å²) >= 11 is 1.48. The number of nitrogens with zero attached hydrogens (tertiary/aromatic N) is 2. The van der Waals surface area contributed by atoms with E-state index in [9.17, 15) is 9.59 Å². The van der Waals surface area contributed by atoms with Gasteiger partial charge in [0.2, 0.25) is 11.8 Å². The van der Waals surface area contributed by atoms with E-state index in [-0.39, 0.29) is 18.2 Å². The van der Waals surface area contributed by atoms with E-state index in [2.05, 4.69) is 10.3 Å². The van der Waals surface area contributed by atoms with Crippen LogP contribution in [0, 0.1) is 13.8 Å². The molecule has 2 aromatic rings. The van der Waals surface area contributed by atoms with Crippen LogP contribution in [0.5, 0.6) is 0 Å². The number of likely N-dealkylation sites (N-methyl/N-ethyl adjacent to an activating group) is 1. The van der Waals surface area contributed by atoms with Crippen LogP contribution in [0.25, 0.3) is 0 Å². The first-order chi connectivity index (χ1) is 11.2. The number of aryl methyl sites for hydroxylation is 2. The third kappa shape index (κ3) is 2.71. The van der Waals surface area contributed by atoms with Crippen molar-refractivity contribution in [1.29, 1.82) is 0 Å². The summed E-state index contributed by atoms with van der Waals surface area (Å²) in [7, 11) is 1.79. The fraction of sp³-hybridized carbons (Fsp3) is 0.389. The Balaban J connectivity index is 1.78. The SMILES string of the molecule is Cc1nc(NC(=O)Cc2ccc3c(c2)C(C)(C)C(=O)N3C)sc1C. The Morgan fingerprint density at radius 3 is 2.67 bits per heavy atom. The summed E-state index contributed by atoms with van der Waals surface area (Å²) in [5, 5.41) is 3.48. The van der Waals surface area contributed by atoms with Crippen molar-refractivity contribution < 1.29 is 9.59 Å². The molecule has 1 N–H and O–H groups in total. The van der Waals surface area contributed by atoms with Crippen molar-refractivity contribution in [3.8, 4) is 0 Å². The number of amides is 2. The average Bonchev–Trinajstić information content (AvgIpc) is 2.90. The number of anilines is 2. The van der Waals surface area contributed by atoms with Gasteiger partial charge in [-0.1, -0.05) is 12.1 Å². The van der Waals surface area contributed by atoms with Gasteiger partial charge in [0.1, 0.15) is 0 Å². The molecule has 6 heteroatoms. The Hall–Kier alpha value is -2.21. The minimum atomic E-state index is -0.555. The summed E-state index contributed by atoms with van der Waals surface area (Å²) < 4.78 is 0. The van der Waals surface area contributed by atoms with Crippen LogP contribution in [0.1, 0.15) is 35.5 Å². The second-order valence-electron chi connectivity index (χ2n) is 6.73. The third-order valence-corrected chi connectivity index (χ3v) is 5.56. The van der Waals surface area contributed by atoms with Crippen molar-refractivity contribution >= 4 is 34.0 Å². The van der Waals surface area contributed by atoms with Crippen molar-refractivity contribution in [3.63, 3.8) is 0 Å². The Kier molecular flexibility index (Phi) is 3.95. The van der Waals surface area contributed by atoms with Crippen molar-refractivity contribution in [2.75, 3.05) is 17.3 Å². The minimum absolute atomic E-state index is 0.0767. The molecule has 24 heavy (non-hydrogen) atoms. The first kappa shape index (κ1) is 16.6. The molecule has 0 fully saturated rings. The van der Waals surface area contributed by atoms with E-state index in [1.54, 1.807) is 11.9 Å². The quantitative estimate of drug-likeness (QED) is 0.931. The first-order valence-electron chi connectivity index (χ1n) is 7.85. The molecule has 0 bridgehead atoms. The molecule has 3 rings (SSSR count). The van der Waals surface area contributed by atoms with Crippen LogP contribution in [-0.2, 0) is 21.4 Å². The molecule has 126 valence electrons. The summed E-state index contributed by atoms with van der Waals surface area (Å²) in [6.07, 6.45) is 0.263. The van der Waals surface area contributed by atoms with Crippen LogP contribution in [0.15, 0.2) is 18.2 Å². The molecular weight excluding hydrogens is 322 g/mol. The second kappa shape index (κ2) is 5.70. The van der Waals surface area contributed by atoms with E-state index in [4.69, 9.17) is 0 Å². The summed E-state index contributed by atoms with van der Waals surface area (Å²) in [6, 6.07) is 5.79. The monoisotopic (exact) mass is 343 g/mol. The smallest absolute Gasteiger partial charge is 0.236 e. The van der Waals surface area contributed by atoms with Gasteiger partial charge in [-0.2, -0.15) is 0 Å². The van der Waals surface area contributed by atoms with Crippen LogP contribution in [-0.4, -0.2) is 23.8 Å². The Morgan fingerprint density at radius 2 is 2.04 bits per heavy atom. The van der Waals surface area contributed by atoms with Gasteiger partial charge in [-0.3, -0.25) is 9.59 Å². The number of benzene rings is 1. The fourth-order valence-electron chi connectivity index (χ4n) is 3.01. The molecule has 0 atom stereocenters. The molecule has 0 spiro atoms. The molecule has 1 aliphatic heterocycles. The first-order valence-corrected chi connectivity index (χ1v) is 8.67. The molecule has 0 saturated carbocycles. The molecule has 2 amide bonds. The maximum Gasteiger partial charge on any atom is 0.236 e. The zero-order chi connectivity index (χ0) is 17.6. The third-order valence-electron chi connectivity index (χ3n) is 4.57. The lowest BCUT2D eigenvalue weighted by Gasteiger charge is -2.16. The number of nitrogens with one attached hydrogen (secondary N) is 1. The Bertz CT molecular complexity index is 819. The van der Waals surface area contributed by atoms with Crippen molar-refractivity contribution in [1.82, 2.24) is 4.98 Å². The lowest BCUT2D eigenvalue weighted by atomic mass is 9.85. The van der Waals surface area contributed by atoms with E-state index >= 15 is 0 Å². The van der Waals surface area contributed by atoms with Gasteiger partial charge in [0.25, 0.3) is 0 Å². The summed E-state index contributed by atoms with van der Waals surface area (Å²) in [5.74, 6) is -0.0213. The predicted octanol–water partition coefficient (Wildman–Crippen LogP) is 3.20. The molecule has 0 saturated heterocycles. The van der Waals surface area contributed by atoms with Gasteiger partial charge < -0.3 is 10.2 Å². The van der Waals surface area contributed by atoms with Crippen molar-refractivity contribution in [3.05, 3.63) is 39.9 Å². The van der Waals surface area contributed by atoms with Crippen LogP contribution in [0.3, 0.4) is 0 Å². The zero-order valence-corrected chi connectivity index (χ0v) is 15.4. The molecule has 0 unspecified atom stereocenters. The van der Waals surface area contributed by atoms with E-state index in [1.807, 2.05) is 45.9 Å². The standard InChI is InChI=1S/C18H21N3O2S/c1-10-11(2)24-17(19-10)20-15(22)9-12-6-7-14-13(8-12)18(3,4)16(23)21(14)5/h6-8H,9H2,1-5H3,(H,19,20,22). The van der Waals surface area contributed by atoms with E-state index in [0.717, 1.165) is 27.4 Å². The van der Waals surface area contributed by atoms with E-state index < -0.39 is 5.41 Å². The lowest BCUT2D eigenvalue weighted by Crippen LogP contribution is -2.33. The molecule has 2 heterocycles. The largest absolute Gasteiger partial charge is 0.314 e. The Labute approximate surface area is 145 Å². The molecule has 5 nitrogen and oxygen atoms in total. The number of carbonyl (C=O) groups excluding carboxylic acids is 2. The zero-order valence-electron chi connectivity index (χ0n) is 14.6. The minimum Gasteiger partial charge on any atom is -0.314 e. The topological polar surface area (TPSA) is 62.3 Å². The van der Waals surface area contributed by atoms with Gasteiger partial charge in [0.15, 0.2) is 5.13 Å². The highest BCUT2D eigenvalue weighted by molar-refractivity contribution is 7.15. The van der Waals surface area contributed by atoms with Gasteiger partial charge in [0, 0.05) is 17.6 Å². The van der Waals surface area contributed by atoms with Gasteiger partial charge in [-0.25, -0.2) is 4.98 Å². The number of hydrogen-bond acceptors (Lipinski definition) is 4. The van der Waals surface area contributed by atoms with Crippen molar-refractivity contribution in [2.45, 2.75) is 39.5 Å². The van der Waals surface area contributed by atoms with E-state index in [1.165, 1.54) is 11.3 Å². The van der Waals surface area contributed by atoms with Crippen LogP contribution < -0.4 is 10.2 Å². The number of hydrogen-bond donors (Lipinski definition) is 1. The normalized spacial score (nSPS) is 15.5. The molecule has 1 aromatic carbocycles. The summed E-state index contributed by atoms with van der Waals surface area (Å²) in [6.45, 7) is 7.75. The molecule has 1 aliphatic rings. The Morgan fingerprint density at radius 1 is 1.33 bits per heavy atom. The maximum atomic E-state index is 12.3. The molecule has 1 aromatic heterocycles. The number of fused-ring (bicyclic) bond motifs is 1. The number of carbonyl (C=O) groups is 2. The van der Waals surface area contributed by atoms with Gasteiger partial charge in [-0.15, -0.1) is 11.3 Å². The van der Waals surface area contributed by atoms with Gasteiger partial charge in [0.05, 0.1) is 17.5 Å². The van der Waals surface area contributed by atoms with Crippen LogP contribution in [0.4, 0.5) is 10.8 Å². The summed E-state index contributed by atoms with van der Waals surface area (Å²) in [5.41, 5.74) is 3.17. The maximum absolute atomic E-state index is 12.3. The lowest BCUT2D eigenvalue weighted by molar-refractivity contribution is -0.121. The van der Waals surface area contributed by atoms with Crippen LogP contribution in [0.2, 0.25) is 0 Å². The average molecular weight is 343 g/mol. The number of rotatable bonds is 3.